The summed E-state index contributed by atoms with van der Waals surface area (Å²) >= 11 is 1.78. The number of aromatic nitrogens is 4. The van der Waals surface area contributed by atoms with E-state index >= 15 is 0 Å². The maximum atomic E-state index is 4.46. The number of aromatic amines is 2. The minimum absolute atomic E-state index is 0.205. The van der Waals surface area contributed by atoms with Crippen LogP contribution < -0.4 is 5.32 Å². The molecule has 4 rings (SSSR count). The summed E-state index contributed by atoms with van der Waals surface area (Å²) in [7, 11) is 0. The highest BCUT2D eigenvalue weighted by atomic mass is 32.1. The monoisotopic (exact) mass is 271 g/mol. The van der Waals surface area contributed by atoms with Gasteiger partial charge < -0.3 is 10.3 Å². The molecule has 0 aromatic carbocycles. The van der Waals surface area contributed by atoms with Crippen LogP contribution in [0.4, 0.5) is 0 Å². The predicted octanol–water partition coefficient (Wildman–Crippen LogP) is 2.10. The maximum Gasteiger partial charge on any atom is 0.0926 e. The van der Waals surface area contributed by atoms with Gasteiger partial charge in [0.15, 0.2) is 0 Å². The minimum atomic E-state index is 0.205. The van der Waals surface area contributed by atoms with Crippen LogP contribution in [0.1, 0.15) is 22.3 Å². The summed E-state index contributed by atoms with van der Waals surface area (Å²) in [6.45, 7) is 0.983. The number of imidazole rings is 1. The Labute approximate surface area is 114 Å². The molecule has 5 nitrogen and oxygen atoms in total. The van der Waals surface area contributed by atoms with Crippen LogP contribution in [0.2, 0.25) is 0 Å². The summed E-state index contributed by atoms with van der Waals surface area (Å²) in [6, 6.07) is 6.50. The number of rotatable bonds is 2. The highest BCUT2D eigenvalue weighted by Gasteiger charge is 2.25. The van der Waals surface area contributed by atoms with Gasteiger partial charge in [0.1, 0.15) is 0 Å². The Hall–Kier alpha value is -1.92. The number of hydrogen-bond acceptors (Lipinski definition) is 4. The van der Waals surface area contributed by atoms with Crippen molar-refractivity contribution in [1.29, 1.82) is 0 Å². The molecule has 1 aliphatic heterocycles. The standard InChI is InChI=1S/C13H13N5S/c1-2-11(19-10(1)8-4-6-17-18-8)13-12-9(3-5-14-13)15-7-16-12/h1-2,4,6-7,13-14H,3,5H2,(H,15,16)(H,17,18)/t13-/m0/s1. The van der Waals surface area contributed by atoms with Crippen molar-refractivity contribution in [1.82, 2.24) is 25.5 Å². The number of hydrogen-bond donors (Lipinski definition) is 3. The predicted molar refractivity (Wildman–Crippen MR) is 74.0 cm³/mol. The van der Waals surface area contributed by atoms with Crippen molar-refractivity contribution in [2.75, 3.05) is 6.54 Å². The van der Waals surface area contributed by atoms with Gasteiger partial charge in [0.2, 0.25) is 0 Å². The molecule has 4 heterocycles. The van der Waals surface area contributed by atoms with Gasteiger partial charge in [-0.3, -0.25) is 5.10 Å². The van der Waals surface area contributed by atoms with Crippen LogP contribution >= 0.6 is 11.3 Å². The number of nitrogens with zero attached hydrogens (tertiary/aromatic N) is 2. The fourth-order valence-corrected chi connectivity index (χ4v) is 3.56. The van der Waals surface area contributed by atoms with Crippen LogP contribution in [0.5, 0.6) is 0 Å². The first kappa shape index (κ1) is 11.0. The Morgan fingerprint density at radius 1 is 1.26 bits per heavy atom. The third-order valence-corrected chi connectivity index (χ3v) is 4.61. The van der Waals surface area contributed by atoms with Gasteiger partial charge in [0.05, 0.1) is 28.6 Å². The van der Waals surface area contributed by atoms with Crippen LogP contribution in [-0.4, -0.2) is 26.7 Å². The quantitative estimate of drug-likeness (QED) is 0.668. The van der Waals surface area contributed by atoms with Gasteiger partial charge in [-0.05, 0) is 18.2 Å². The second-order valence-corrected chi connectivity index (χ2v) is 5.69. The van der Waals surface area contributed by atoms with Crippen molar-refractivity contribution >= 4 is 11.3 Å². The second-order valence-electron chi connectivity index (χ2n) is 4.58. The molecule has 0 aliphatic carbocycles. The van der Waals surface area contributed by atoms with Crippen LogP contribution in [0.25, 0.3) is 10.6 Å². The van der Waals surface area contributed by atoms with Crippen molar-refractivity contribution in [2.45, 2.75) is 12.5 Å². The molecule has 0 amide bonds. The molecule has 6 heteroatoms. The zero-order chi connectivity index (χ0) is 12.7. The molecule has 0 spiro atoms. The number of nitrogens with one attached hydrogen (secondary N) is 3. The minimum Gasteiger partial charge on any atom is -0.348 e. The lowest BCUT2D eigenvalue weighted by atomic mass is 10.0. The Kier molecular flexibility index (Phi) is 2.49. The van der Waals surface area contributed by atoms with Crippen molar-refractivity contribution < 1.29 is 0 Å². The Balaban J connectivity index is 1.71. The zero-order valence-electron chi connectivity index (χ0n) is 10.2. The van der Waals surface area contributed by atoms with Gasteiger partial charge in [0.25, 0.3) is 0 Å². The van der Waals surface area contributed by atoms with Crippen LogP contribution in [-0.2, 0) is 6.42 Å². The Morgan fingerprint density at radius 2 is 2.26 bits per heavy atom. The third kappa shape index (κ3) is 1.80. The van der Waals surface area contributed by atoms with E-state index in [-0.39, 0.29) is 6.04 Å². The summed E-state index contributed by atoms with van der Waals surface area (Å²) in [5.74, 6) is 0. The van der Waals surface area contributed by atoms with E-state index in [0.717, 1.165) is 24.4 Å². The second kappa shape index (κ2) is 4.32. The summed E-state index contributed by atoms with van der Waals surface area (Å²) in [5, 5.41) is 10.5. The zero-order valence-corrected chi connectivity index (χ0v) is 11.0. The molecule has 0 fully saturated rings. The van der Waals surface area contributed by atoms with Crippen molar-refractivity contribution in [3.63, 3.8) is 0 Å². The van der Waals surface area contributed by atoms with Crippen LogP contribution in [0.15, 0.2) is 30.7 Å². The molecule has 19 heavy (non-hydrogen) atoms. The van der Waals surface area contributed by atoms with Gasteiger partial charge in [-0.2, -0.15) is 5.10 Å². The number of fused-ring (bicyclic) bond motifs is 1. The van der Waals surface area contributed by atoms with E-state index in [1.807, 2.05) is 6.07 Å². The smallest absolute Gasteiger partial charge is 0.0926 e. The summed E-state index contributed by atoms with van der Waals surface area (Å²) in [5.41, 5.74) is 3.44. The highest BCUT2D eigenvalue weighted by molar-refractivity contribution is 7.15. The van der Waals surface area contributed by atoms with Gasteiger partial charge in [-0.25, -0.2) is 4.98 Å². The number of H-pyrrole nitrogens is 2. The fourth-order valence-electron chi connectivity index (χ4n) is 2.50. The average molecular weight is 271 g/mol. The molecule has 3 aromatic rings. The lowest BCUT2D eigenvalue weighted by molar-refractivity contribution is 0.560. The largest absolute Gasteiger partial charge is 0.348 e. The maximum absolute atomic E-state index is 4.46. The first-order valence-corrected chi connectivity index (χ1v) is 7.08. The van der Waals surface area contributed by atoms with Crippen LogP contribution in [0, 0.1) is 0 Å². The molecular formula is C13H13N5S. The van der Waals surface area contributed by atoms with E-state index < -0.39 is 0 Å². The first-order valence-electron chi connectivity index (χ1n) is 6.27. The molecule has 0 saturated carbocycles. The van der Waals surface area contributed by atoms with E-state index in [2.05, 4.69) is 37.6 Å². The fraction of sp³-hybridized carbons (Fsp3) is 0.231. The Bertz CT molecular complexity index is 682. The summed E-state index contributed by atoms with van der Waals surface area (Å²) in [4.78, 5) is 10.2. The van der Waals surface area contributed by atoms with E-state index in [9.17, 15) is 0 Å². The normalized spacial score (nSPS) is 18.4. The molecular weight excluding hydrogens is 258 g/mol. The van der Waals surface area contributed by atoms with Gasteiger partial charge in [-0.15, -0.1) is 11.3 Å². The molecule has 0 radical (unpaired) electrons. The SMILES string of the molecule is c1cc(-c2ccc([C@@H]3NCCc4[nH]cnc43)s2)[nH]n1. The molecule has 3 aromatic heterocycles. The van der Waals surface area contributed by atoms with Crippen molar-refractivity contribution in [3.05, 3.63) is 47.0 Å². The number of thiophene rings is 1. The Morgan fingerprint density at radius 3 is 3.16 bits per heavy atom. The molecule has 1 aliphatic rings. The van der Waals surface area contributed by atoms with Crippen molar-refractivity contribution in [3.8, 4) is 10.6 Å². The van der Waals surface area contributed by atoms with Crippen LogP contribution in [0.3, 0.4) is 0 Å². The lowest BCUT2D eigenvalue weighted by Crippen LogP contribution is -2.30. The van der Waals surface area contributed by atoms with Gasteiger partial charge in [-0.1, -0.05) is 0 Å². The molecule has 96 valence electrons. The first-order chi connectivity index (χ1) is 9.42. The molecule has 1 atom stereocenters. The average Bonchev–Trinajstić information content (AvgIpc) is 3.18. The van der Waals surface area contributed by atoms with E-state index in [1.165, 1.54) is 15.4 Å². The molecule has 0 bridgehead atoms. The van der Waals surface area contributed by atoms with Gasteiger partial charge in [0, 0.05) is 29.7 Å². The molecule has 0 saturated heterocycles. The van der Waals surface area contributed by atoms with E-state index in [1.54, 1.807) is 23.9 Å². The van der Waals surface area contributed by atoms with Gasteiger partial charge >= 0.3 is 0 Å². The summed E-state index contributed by atoms with van der Waals surface area (Å²) < 4.78 is 0. The topological polar surface area (TPSA) is 69.4 Å². The van der Waals surface area contributed by atoms with E-state index in [0.29, 0.717) is 0 Å². The van der Waals surface area contributed by atoms with Crippen molar-refractivity contribution in [2.24, 2.45) is 0 Å². The molecule has 3 N–H and O–H groups in total. The van der Waals surface area contributed by atoms with E-state index in [4.69, 9.17) is 0 Å². The lowest BCUT2D eigenvalue weighted by Gasteiger charge is -2.21. The third-order valence-electron chi connectivity index (χ3n) is 3.43. The molecule has 0 unspecified atom stereocenters. The highest BCUT2D eigenvalue weighted by Crippen LogP contribution is 2.34. The summed E-state index contributed by atoms with van der Waals surface area (Å²) in [6.07, 6.45) is 4.58.